The van der Waals surface area contributed by atoms with Gasteiger partial charge in [0.15, 0.2) is 0 Å². The molecule has 2 atom stereocenters. The lowest BCUT2D eigenvalue weighted by Crippen LogP contribution is -2.41. The number of piperidine rings is 1. The van der Waals surface area contributed by atoms with Gasteiger partial charge in [-0.3, -0.25) is 9.59 Å². The van der Waals surface area contributed by atoms with E-state index in [0.29, 0.717) is 44.2 Å². The van der Waals surface area contributed by atoms with Crippen LogP contribution in [-0.2, 0) is 15.8 Å². The fourth-order valence-corrected chi connectivity index (χ4v) is 5.32. The first-order valence-electron chi connectivity index (χ1n) is 11.6. The van der Waals surface area contributed by atoms with Crippen LogP contribution in [0.5, 0.6) is 0 Å². The van der Waals surface area contributed by atoms with E-state index >= 15 is 0 Å². The summed E-state index contributed by atoms with van der Waals surface area (Å²) >= 11 is 0. The number of halogens is 3. The van der Waals surface area contributed by atoms with Gasteiger partial charge in [-0.25, -0.2) is 0 Å². The van der Waals surface area contributed by atoms with Gasteiger partial charge in [0.1, 0.15) is 0 Å². The molecule has 3 aliphatic rings. The van der Waals surface area contributed by atoms with E-state index in [9.17, 15) is 22.8 Å². The highest BCUT2D eigenvalue weighted by Crippen LogP contribution is 2.40. The van der Waals surface area contributed by atoms with E-state index in [1.54, 1.807) is 19.2 Å². The number of carbonyl (C=O) groups is 2. The summed E-state index contributed by atoms with van der Waals surface area (Å²) in [6.07, 6.45) is -0.335. The second-order valence-corrected chi connectivity index (χ2v) is 9.49. The number of rotatable bonds is 5. The minimum absolute atomic E-state index is 0.0499. The lowest BCUT2D eigenvalue weighted by molar-refractivity contribution is -0.137. The predicted molar refractivity (Wildman–Crippen MR) is 116 cm³/mol. The number of hydrogen-bond donors (Lipinski definition) is 1. The fourth-order valence-electron chi connectivity index (χ4n) is 5.32. The van der Waals surface area contributed by atoms with Crippen LogP contribution in [0.4, 0.5) is 18.9 Å². The van der Waals surface area contributed by atoms with Crippen LogP contribution in [0.2, 0.25) is 0 Å². The third-order valence-electron chi connectivity index (χ3n) is 7.40. The van der Waals surface area contributed by atoms with E-state index in [1.807, 2.05) is 9.80 Å². The van der Waals surface area contributed by atoms with Gasteiger partial charge in [0.05, 0.1) is 23.1 Å². The van der Waals surface area contributed by atoms with Crippen LogP contribution in [-0.4, -0.2) is 49.9 Å². The van der Waals surface area contributed by atoms with Crippen molar-refractivity contribution in [1.82, 2.24) is 10.2 Å². The SMILES string of the molecule is CNC(=O)[C@@H]1CN(C(=O)CC2CC2)C[C@H]1C1CCN(c2ccc(C#N)c(C(F)(F)F)c2)CC1. The molecule has 4 rings (SSSR count). The normalized spacial score (nSPS) is 24.0. The standard InChI is InChI=1S/C24H29F3N4O2/c1-29-23(33)20-14-31(22(32)10-15-2-3-15)13-19(20)16-6-8-30(9-7-16)18-5-4-17(12-28)21(11-18)24(25,26)27/h4-5,11,15-16,19-20H,2-3,6-10,13-14H2,1H3,(H,29,33)/t19-,20+/m0/s1. The first-order valence-corrected chi connectivity index (χ1v) is 11.6. The van der Waals surface area contributed by atoms with Crippen molar-refractivity contribution in [3.63, 3.8) is 0 Å². The smallest absolute Gasteiger partial charge is 0.372 e. The Morgan fingerprint density at radius 2 is 1.85 bits per heavy atom. The summed E-state index contributed by atoms with van der Waals surface area (Å²) in [5.74, 6) is 0.605. The Balaban J connectivity index is 1.43. The lowest BCUT2D eigenvalue weighted by Gasteiger charge is -2.37. The molecule has 3 fully saturated rings. The molecule has 0 spiro atoms. The number of amides is 2. The third kappa shape index (κ3) is 5.10. The van der Waals surface area contributed by atoms with Gasteiger partial charge < -0.3 is 15.1 Å². The summed E-state index contributed by atoms with van der Waals surface area (Å²) in [4.78, 5) is 29.0. The highest BCUT2D eigenvalue weighted by molar-refractivity contribution is 5.82. The zero-order chi connectivity index (χ0) is 23.8. The molecule has 1 aromatic rings. The van der Waals surface area contributed by atoms with Gasteiger partial charge in [0, 0.05) is 45.3 Å². The minimum atomic E-state index is -4.58. The number of anilines is 1. The maximum Gasteiger partial charge on any atom is 0.417 e. The molecule has 9 heteroatoms. The largest absolute Gasteiger partial charge is 0.417 e. The summed E-state index contributed by atoms with van der Waals surface area (Å²) in [7, 11) is 1.61. The first kappa shape index (κ1) is 23.4. The quantitative estimate of drug-likeness (QED) is 0.728. The number of nitrogens with one attached hydrogen (secondary N) is 1. The molecule has 178 valence electrons. The average Bonchev–Trinajstić information content (AvgIpc) is 3.51. The van der Waals surface area contributed by atoms with Gasteiger partial charge in [0.2, 0.25) is 11.8 Å². The van der Waals surface area contributed by atoms with E-state index < -0.39 is 11.7 Å². The molecule has 2 saturated heterocycles. The van der Waals surface area contributed by atoms with Crippen molar-refractivity contribution in [1.29, 1.82) is 5.26 Å². The van der Waals surface area contributed by atoms with Gasteiger partial charge in [-0.1, -0.05) is 0 Å². The molecule has 0 unspecified atom stereocenters. The zero-order valence-electron chi connectivity index (χ0n) is 18.7. The van der Waals surface area contributed by atoms with E-state index in [1.165, 1.54) is 6.07 Å². The molecule has 1 saturated carbocycles. The van der Waals surface area contributed by atoms with Crippen LogP contribution in [0, 0.1) is 35.0 Å². The number of likely N-dealkylation sites (tertiary alicyclic amines) is 1. The molecule has 0 aromatic heterocycles. The maximum atomic E-state index is 13.3. The van der Waals surface area contributed by atoms with E-state index in [2.05, 4.69) is 5.32 Å². The van der Waals surface area contributed by atoms with Crippen LogP contribution >= 0.6 is 0 Å². The fraction of sp³-hybridized carbons (Fsp3) is 0.625. The molecule has 0 radical (unpaired) electrons. The Labute approximate surface area is 191 Å². The third-order valence-corrected chi connectivity index (χ3v) is 7.40. The number of alkyl halides is 3. The average molecular weight is 463 g/mol. The number of carbonyl (C=O) groups excluding carboxylic acids is 2. The van der Waals surface area contributed by atoms with Crippen LogP contribution in [0.15, 0.2) is 18.2 Å². The van der Waals surface area contributed by atoms with Crippen LogP contribution in [0.1, 0.15) is 43.2 Å². The van der Waals surface area contributed by atoms with Gasteiger partial charge in [-0.05, 0) is 61.6 Å². The summed E-state index contributed by atoms with van der Waals surface area (Å²) < 4.78 is 40.0. The summed E-state index contributed by atoms with van der Waals surface area (Å²) in [6.45, 7) is 2.16. The van der Waals surface area contributed by atoms with Gasteiger partial charge in [-0.15, -0.1) is 0 Å². The Morgan fingerprint density at radius 1 is 1.15 bits per heavy atom. The van der Waals surface area contributed by atoms with Gasteiger partial charge >= 0.3 is 6.18 Å². The van der Waals surface area contributed by atoms with Crippen LogP contribution in [0.25, 0.3) is 0 Å². The number of nitrogens with zero attached hydrogens (tertiary/aromatic N) is 3. The second kappa shape index (κ2) is 9.24. The molecule has 1 aromatic carbocycles. The summed E-state index contributed by atoms with van der Waals surface area (Å²) in [5.41, 5.74) is -0.836. The Hall–Kier alpha value is -2.76. The molecule has 1 N–H and O–H groups in total. The van der Waals surface area contributed by atoms with Crippen LogP contribution in [0.3, 0.4) is 0 Å². The van der Waals surface area contributed by atoms with Crippen molar-refractivity contribution in [3.05, 3.63) is 29.3 Å². The summed E-state index contributed by atoms with van der Waals surface area (Å²) in [5, 5.41) is 11.8. The van der Waals surface area contributed by atoms with Crippen molar-refractivity contribution in [2.75, 3.05) is 38.1 Å². The molecule has 2 amide bonds. The molecule has 33 heavy (non-hydrogen) atoms. The first-order chi connectivity index (χ1) is 15.7. The highest BCUT2D eigenvalue weighted by atomic mass is 19.4. The molecular formula is C24H29F3N4O2. The molecule has 1 aliphatic carbocycles. The molecular weight excluding hydrogens is 433 g/mol. The Kier molecular flexibility index (Phi) is 6.55. The number of hydrogen-bond acceptors (Lipinski definition) is 4. The van der Waals surface area contributed by atoms with Gasteiger partial charge in [0.25, 0.3) is 0 Å². The molecule has 2 heterocycles. The van der Waals surface area contributed by atoms with E-state index in [0.717, 1.165) is 31.7 Å². The maximum absolute atomic E-state index is 13.3. The van der Waals surface area contributed by atoms with Crippen molar-refractivity contribution in [2.24, 2.45) is 23.7 Å². The number of benzene rings is 1. The van der Waals surface area contributed by atoms with E-state index in [-0.39, 0.29) is 35.1 Å². The van der Waals surface area contributed by atoms with Crippen molar-refractivity contribution < 1.29 is 22.8 Å². The van der Waals surface area contributed by atoms with Gasteiger partial charge in [-0.2, -0.15) is 18.4 Å². The molecule has 0 bridgehead atoms. The number of nitriles is 1. The van der Waals surface area contributed by atoms with Crippen molar-refractivity contribution in [2.45, 2.75) is 38.3 Å². The van der Waals surface area contributed by atoms with Crippen molar-refractivity contribution >= 4 is 17.5 Å². The van der Waals surface area contributed by atoms with Crippen LogP contribution < -0.4 is 10.2 Å². The zero-order valence-corrected chi connectivity index (χ0v) is 18.7. The topological polar surface area (TPSA) is 76.4 Å². The molecule has 6 nitrogen and oxygen atoms in total. The Morgan fingerprint density at radius 3 is 2.42 bits per heavy atom. The highest BCUT2D eigenvalue weighted by Gasteiger charge is 2.44. The second-order valence-electron chi connectivity index (χ2n) is 9.49. The Bertz CT molecular complexity index is 946. The lowest BCUT2D eigenvalue weighted by atomic mass is 9.78. The monoisotopic (exact) mass is 462 g/mol. The van der Waals surface area contributed by atoms with E-state index in [4.69, 9.17) is 5.26 Å². The minimum Gasteiger partial charge on any atom is -0.372 e. The predicted octanol–water partition coefficient (Wildman–Crippen LogP) is 3.41. The summed E-state index contributed by atoms with van der Waals surface area (Å²) in [6, 6.07) is 5.47. The molecule has 2 aliphatic heterocycles. The van der Waals surface area contributed by atoms with Crippen molar-refractivity contribution in [3.8, 4) is 6.07 Å².